The number of carbonyl (C=O) groups is 2. The van der Waals surface area contributed by atoms with Crippen LogP contribution in [0.4, 0.5) is 45.5 Å². The van der Waals surface area contributed by atoms with Gasteiger partial charge in [0.15, 0.2) is 0 Å². The second kappa shape index (κ2) is 46.0. The second-order valence-corrected chi connectivity index (χ2v) is 39.9. The van der Waals surface area contributed by atoms with E-state index < -0.39 is 0 Å². The van der Waals surface area contributed by atoms with Gasteiger partial charge in [-0.3, -0.25) is 34.1 Å². The van der Waals surface area contributed by atoms with Gasteiger partial charge in [-0.2, -0.15) is 0 Å². The average molecular weight is 1740 g/mol. The van der Waals surface area contributed by atoms with Crippen LogP contribution in [0.25, 0.3) is 0 Å². The van der Waals surface area contributed by atoms with Crippen LogP contribution >= 0.6 is 47.0 Å². The lowest BCUT2D eigenvalue weighted by molar-refractivity contribution is -0.931. The van der Waals surface area contributed by atoms with Crippen molar-refractivity contribution < 1.29 is 14.1 Å². The Kier molecular flexibility index (Phi) is 35.0. The van der Waals surface area contributed by atoms with E-state index in [0.29, 0.717) is 13.1 Å². The minimum Gasteiger partial charge on any atom is -0.368 e. The number of para-hydroxylation sites is 4. The summed E-state index contributed by atoms with van der Waals surface area (Å²) in [4.78, 5) is 68.3. The molecule has 0 bridgehead atoms. The van der Waals surface area contributed by atoms with Crippen LogP contribution in [0.15, 0.2) is 209 Å². The molecule has 8 aromatic carbocycles. The van der Waals surface area contributed by atoms with Gasteiger partial charge in [0.1, 0.15) is 6.04 Å². The molecule has 2 amide bonds. The Bertz CT molecular complexity index is 4690. The monoisotopic (exact) mass is 1740 g/mol. The first-order valence-electron chi connectivity index (χ1n) is 45.3. The summed E-state index contributed by atoms with van der Waals surface area (Å²) >= 11 is 7.54. The van der Waals surface area contributed by atoms with Gasteiger partial charge < -0.3 is 65.4 Å². The highest BCUT2D eigenvalue weighted by Crippen LogP contribution is 2.52. The van der Waals surface area contributed by atoms with Crippen molar-refractivity contribution in [3.8, 4) is 0 Å². The highest BCUT2D eigenvalue weighted by molar-refractivity contribution is 8.00. The van der Waals surface area contributed by atoms with Crippen molar-refractivity contribution >= 4 is 104 Å². The van der Waals surface area contributed by atoms with Crippen LogP contribution in [-0.2, 0) is 9.59 Å². The van der Waals surface area contributed by atoms with Gasteiger partial charge >= 0.3 is 0 Å². The number of primary amides is 1. The van der Waals surface area contributed by atoms with Gasteiger partial charge in [0, 0.05) is 216 Å². The van der Waals surface area contributed by atoms with Crippen molar-refractivity contribution in [1.82, 2.24) is 54.3 Å². The summed E-state index contributed by atoms with van der Waals surface area (Å²) in [7, 11) is 13.1. The molecule has 1 unspecified atom stereocenters. The minimum atomic E-state index is -0.250. The van der Waals surface area contributed by atoms with Crippen LogP contribution in [0.5, 0.6) is 0 Å². The standard InChI is InChI=1S/C28H44N5S.C24H32N4OS.C24H34N4S.C23H31N5OS/c1-24-11-12-28-26(23-24)32(25-9-6-7-10-27(25)34-28)14-8-13-31-17-21-33(22-18-31,19-15-29(2)3)20-16-30(4)5;1-19-8-9-24-22(18-19)28(21-6-3-4-7-23(21)30-24)12-5-11-26-14-16-27(17-15-26)13-10-25-20(2)29;1-20-9-10-24-22(19-20)28(21-7-4-5-8-23(21)29-24)12-6-11-26-15-17-27(18-16-26)14-13-25(2)3;1-17-7-8-22-19(15-17)28(18-5-2-3-6-21(18)30-22)11-4-10-26-13-14-27(12-9-24)20(16-26)23(25)29/h6-7,9-12,23H,8,13-22H2,1-5H3;3-4,6-9,18H,5,10-17H2,1-2H3,(H,25,29);4-5,7-10,19H,6,11-18H2,1-3H3;2-3,5-8,15,20H,4,9-14,16,24H2,1H3,(H2,25,29)/q+1;;;. The predicted octanol–water partition coefficient (Wildman–Crippen LogP) is 14.6. The molecule has 8 aliphatic heterocycles. The topological polar surface area (TPSA) is 144 Å². The lowest BCUT2D eigenvalue weighted by Crippen LogP contribution is -2.62. The van der Waals surface area contributed by atoms with Gasteiger partial charge in [0.2, 0.25) is 11.8 Å². The number of likely N-dealkylation sites (N-methyl/N-ethyl adjacent to an activating group) is 3. The molecule has 123 heavy (non-hydrogen) atoms. The van der Waals surface area contributed by atoms with Crippen LogP contribution in [-0.4, -0.2) is 330 Å². The third-order valence-electron chi connectivity index (χ3n) is 25.3. The number of quaternary nitrogens is 1. The van der Waals surface area contributed by atoms with Crippen LogP contribution in [0.3, 0.4) is 0 Å². The molecule has 4 fully saturated rings. The summed E-state index contributed by atoms with van der Waals surface area (Å²) < 4.78 is 1.27. The van der Waals surface area contributed by atoms with E-state index in [9.17, 15) is 9.59 Å². The molecule has 8 aliphatic rings. The molecule has 24 heteroatoms. The maximum Gasteiger partial charge on any atom is 0.236 e. The number of carbonyl (C=O) groups excluding carboxylic acids is 2. The zero-order valence-electron chi connectivity index (χ0n) is 75.7. The van der Waals surface area contributed by atoms with Gasteiger partial charge in [-0.15, -0.1) is 0 Å². The fourth-order valence-electron chi connectivity index (χ4n) is 18.1. The molecular weight excluding hydrogens is 1600 g/mol. The van der Waals surface area contributed by atoms with Crippen molar-refractivity contribution in [2.45, 2.75) is 106 Å². The number of fused-ring (bicyclic) bond motifs is 8. The molecule has 0 radical (unpaired) electrons. The van der Waals surface area contributed by atoms with Crippen molar-refractivity contribution in [3.63, 3.8) is 0 Å². The summed E-state index contributed by atoms with van der Waals surface area (Å²) in [6.07, 6.45) is 4.57. The van der Waals surface area contributed by atoms with Crippen molar-refractivity contribution in [3.05, 3.63) is 192 Å². The Labute approximate surface area is 754 Å². The number of rotatable bonds is 31. The maximum atomic E-state index is 11.9. The number of piperazine rings is 4. The molecule has 16 rings (SSSR count). The highest BCUT2D eigenvalue weighted by atomic mass is 32.2. The smallest absolute Gasteiger partial charge is 0.236 e. The van der Waals surface area contributed by atoms with Gasteiger partial charge in [0.05, 0.1) is 71.7 Å². The number of hydrogen-bond acceptors (Lipinski definition) is 21. The Hall–Kier alpha value is -7.18. The normalized spacial score (nSPS) is 17.9. The minimum absolute atomic E-state index is 0.0584. The van der Waals surface area contributed by atoms with Crippen LogP contribution in [0.2, 0.25) is 0 Å². The van der Waals surface area contributed by atoms with Gasteiger partial charge in [0.25, 0.3) is 0 Å². The second-order valence-electron chi connectivity index (χ2n) is 35.6. The Morgan fingerprint density at radius 2 is 0.667 bits per heavy atom. The Morgan fingerprint density at radius 1 is 0.366 bits per heavy atom. The molecule has 0 saturated carbocycles. The molecule has 662 valence electrons. The number of benzene rings is 8. The first-order chi connectivity index (χ1) is 59.6. The van der Waals surface area contributed by atoms with Gasteiger partial charge in [-0.1, -0.05) is 120 Å². The number of nitrogens with one attached hydrogen (secondary N) is 1. The first-order valence-corrected chi connectivity index (χ1v) is 48.6. The molecule has 4 saturated heterocycles. The largest absolute Gasteiger partial charge is 0.368 e. The van der Waals surface area contributed by atoms with Crippen LogP contribution in [0.1, 0.15) is 54.9 Å². The van der Waals surface area contributed by atoms with E-state index in [1.54, 1.807) is 6.92 Å². The SMILES string of the molecule is CC(=O)NCCN1CCN(CCCN2c3ccccc3Sc3ccc(C)cc32)CC1.Cc1ccc2c(c1)N(CCCN1CCN(CCN(C)C)CC1)c1ccccc1S2.Cc1ccc2c(c1)N(CCCN1CCN(CCN)C(C(N)=O)C1)c1ccccc1S2.Cc1ccc2c(c1)N(CCCN1CC[N+](CCN(C)C)(CCN(C)C)CC1)c1ccccc1S2. The number of aryl methyl sites for hydroxylation is 4. The molecule has 8 heterocycles. The molecule has 20 nitrogen and oxygen atoms in total. The van der Waals surface area contributed by atoms with Crippen LogP contribution < -0.4 is 36.4 Å². The molecule has 5 N–H and O–H groups in total. The fraction of sp³-hybridized carbons (Fsp3) is 0.495. The van der Waals surface area contributed by atoms with Crippen molar-refractivity contribution in [2.75, 3.05) is 278 Å². The number of nitrogens with zero attached hydrogens (tertiary/aromatic N) is 15. The zero-order valence-corrected chi connectivity index (χ0v) is 79.0. The summed E-state index contributed by atoms with van der Waals surface area (Å²) in [6.45, 7) is 45.9. The van der Waals surface area contributed by atoms with Gasteiger partial charge in [-0.25, -0.2) is 0 Å². The lowest BCUT2D eigenvalue weighted by atomic mass is 10.1. The van der Waals surface area contributed by atoms with Crippen molar-refractivity contribution in [2.24, 2.45) is 11.5 Å². The van der Waals surface area contributed by atoms with E-state index >= 15 is 0 Å². The van der Waals surface area contributed by atoms with Gasteiger partial charge in [-0.05, 0) is 235 Å². The Morgan fingerprint density at radius 3 is 0.992 bits per heavy atom. The van der Waals surface area contributed by atoms with E-state index in [4.69, 9.17) is 11.5 Å². The number of hydrogen-bond donors (Lipinski definition) is 3. The third kappa shape index (κ3) is 26.3. The summed E-state index contributed by atoms with van der Waals surface area (Å²) in [6, 6.07) is 62.1. The Balaban J connectivity index is 0.000000141. The van der Waals surface area contributed by atoms with E-state index in [-0.39, 0.29) is 17.9 Å². The third-order valence-corrected chi connectivity index (χ3v) is 29.8. The van der Waals surface area contributed by atoms with E-state index in [2.05, 4.69) is 314 Å². The summed E-state index contributed by atoms with van der Waals surface area (Å²) in [5, 5.41) is 2.89. The van der Waals surface area contributed by atoms with E-state index in [1.807, 2.05) is 47.0 Å². The van der Waals surface area contributed by atoms with E-state index in [1.165, 1.54) is 222 Å². The summed E-state index contributed by atoms with van der Waals surface area (Å²) in [5.41, 5.74) is 27.4. The quantitative estimate of drug-likeness (QED) is 0.0354. The lowest BCUT2D eigenvalue weighted by Gasteiger charge is -2.46. The van der Waals surface area contributed by atoms with E-state index in [0.717, 1.165) is 118 Å². The zero-order chi connectivity index (χ0) is 86.4. The number of nitrogens with two attached hydrogens (primary N) is 2. The van der Waals surface area contributed by atoms with Crippen molar-refractivity contribution in [1.29, 1.82) is 0 Å². The maximum absolute atomic E-state index is 11.9. The predicted molar refractivity (Wildman–Crippen MR) is 520 cm³/mol. The molecule has 1 atom stereocenters. The fourth-order valence-corrected chi connectivity index (χ4v) is 22.4. The molecule has 0 aromatic heterocycles. The molecule has 0 spiro atoms. The summed E-state index contributed by atoms with van der Waals surface area (Å²) in [5.74, 6) is -0.192. The number of amides is 2. The van der Waals surface area contributed by atoms with Crippen LogP contribution in [0, 0.1) is 27.7 Å². The average Bonchev–Trinajstić information content (AvgIpc) is 0.786. The molecular formula is C99H141N18O2S4+. The molecule has 8 aromatic rings. The first kappa shape index (κ1) is 93.5. The number of anilines is 8. The highest BCUT2D eigenvalue weighted by Gasteiger charge is 2.36. The molecule has 0 aliphatic carbocycles.